The zero-order chi connectivity index (χ0) is 17.0. The summed E-state index contributed by atoms with van der Waals surface area (Å²) in [6.07, 6.45) is -0.103. The summed E-state index contributed by atoms with van der Waals surface area (Å²) in [6, 6.07) is 11.2. The van der Waals surface area contributed by atoms with E-state index >= 15 is 0 Å². The summed E-state index contributed by atoms with van der Waals surface area (Å²) in [5.74, 6) is -1.76. The van der Waals surface area contributed by atoms with Crippen LogP contribution in [0.5, 0.6) is 0 Å². The van der Waals surface area contributed by atoms with Gasteiger partial charge < -0.3 is 10.2 Å². The molecule has 0 fully saturated rings. The monoisotopic (exact) mass is 330 g/mol. The van der Waals surface area contributed by atoms with Gasteiger partial charge in [0.05, 0.1) is 12.8 Å². The molecule has 0 saturated heterocycles. The van der Waals surface area contributed by atoms with Gasteiger partial charge >= 0.3 is 11.9 Å². The van der Waals surface area contributed by atoms with Crippen LogP contribution in [0, 0.1) is 13.8 Å². The van der Waals surface area contributed by atoms with Gasteiger partial charge in [0.15, 0.2) is 0 Å². The molecule has 120 valence electrons. The number of rotatable bonds is 6. The molecule has 0 aromatic heterocycles. The molecule has 23 heavy (non-hydrogen) atoms. The van der Waals surface area contributed by atoms with E-state index < -0.39 is 11.9 Å². The molecule has 0 aliphatic heterocycles. The molecule has 0 bridgehead atoms. The molecule has 0 amide bonds. The molecule has 0 aliphatic rings. The maximum atomic E-state index is 11.1. The number of aryl methyl sites for hydroxylation is 2. The number of benzene rings is 2. The van der Waals surface area contributed by atoms with Gasteiger partial charge in [-0.2, -0.15) is 0 Å². The van der Waals surface area contributed by atoms with Gasteiger partial charge in [-0.3, -0.25) is 9.59 Å². The number of hydrogen-bond acceptors (Lipinski definition) is 3. The van der Waals surface area contributed by atoms with Crippen molar-refractivity contribution >= 4 is 23.7 Å². The highest BCUT2D eigenvalue weighted by Gasteiger charge is 2.15. The Bertz CT molecular complexity index is 689. The van der Waals surface area contributed by atoms with E-state index in [2.05, 4.69) is 0 Å². The Labute approximate surface area is 139 Å². The quantitative estimate of drug-likeness (QED) is 0.844. The fraction of sp³-hybridized carbons (Fsp3) is 0.222. The Kier molecular flexibility index (Phi) is 5.45. The third-order valence-corrected chi connectivity index (χ3v) is 5.05. The molecule has 0 atom stereocenters. The van der Waals surface area contributed by atoms with Crippen molar-refractivity contribution in [1.82, 2.24) is 0 Å². The van der Waals surface area contributed by atoms with Crippen LogP contribution in [-0.2, 0) is 22.4 Å². The fourth-order valence-electron chi connectivity index (χ4n) is 2.42. The van der Waals surface area contributed by atoms with Gasteiger partial charge in [-0.25, -0.2) is 0 Å². The Morgan fingerprint density at radius 3 is 1.57 bits per heavy atom. The maximum Gasteiger partial charge on any atom is 0.307 e. The van der Waals surface area contributed by atoms with Gasteiger partial charge in [0.25, 0.3) is 0 Å². The fourth-order valence-corrected chi connectivity index (χ4v) is 3.63. The lowest BCUT2D eigenvalue weighted by atomic mass is 10.1. The summed E-state index contributed by atoms with van der Waals surface area (Å²) >= 11 is 1.45. The van der Waals surface area contributed by atoms with E-state index in [9.17, 15) is 9.59 Å². The SMILES string of the molecule is Cc1cccc(CC(=O)O)c1Sc1c(C)cccc1CC(=O)O. The van der Waals surface area contributed by atoms with Gasteiger partial charge in [0, 0.05) is 9.79 Å². The van der Waals surface area contributed by atoms with Gasteiger partial charge in [0.2, 0.25) is 0 Å². The lowest BCUT2D eigenvalue weighted by Gasteiger charge is -2.15. The number of hydrogen-bond donors (Lipinski definition) is 2. The smallest absolute Gasteiger partial charge is 0.307 e. The summed E-state index contributed by atoms with van der Waals surface area (Å²) in [6.45, 7) is 3.87. The molecular formula is C18H18O4S. The molecule has 0 aliphatic carbocycles. The van der Waals surface area contributed by atoms with Crippen LogP contribution >= 0.6 is 11.8 Å². The van der Waals surface area contributed by atoms with Crippen LogP contribution in [0.2, 0.25) is 0 Å². The molecule has 0 heterocycles. The summed E-state index contributed by atoms with van der Waals surface area (Å²) < 4.78 is 0. The predicted molar refractivity (Wildman–Crippen MR) is 89.2 cm³/mol. The second kappa shape index (κ2) is 7.33. The molecule has 0 unspecified atom stereocenters. The second-order valence-corrected chi connectivity index (χ2v) is 6.39. The lowest BCUT2D eigenvalue weighted by Crippen LogP contribution is -2.04. The second-order valence-electron chi connectivity index (χ2n) is 5.37. The minimum atomic E-state index is -0.881. The third-order valence-electron chi connectivity index (χ3n) is 3.47. The van der Waals surface area contributed by atoms with Crippen LogP contribution in [0.4, 0.5) is 0 Å². The van der Waals surface area contributed by atoms with Crippen molar-refractivity contribution < 1.29 is 19.8 Å². The highest BCUT2D eigenvalue weighted by molar-refractivity contribution is 7.99. The first-order chi connectivity index (χ1) is 10.9. The Hall–Kier alpha value is -2.27. The summed E-state index contributed by atoms with van der Waals surface area (Å²) in [5, 5.41) is 18.2. The van der Waals surface area contributed by atoms with Crippen LogP contribution in [0.15, 0.2) is 46.2 Å². The molecule has 0 spiro atoms. The van der Waals surface area contributed by atoms with E-state index in [-0.39, 0.29) is 12.8 Å². The molecule has 0 radical (unpaired) electrons. The van der Waals surface area contributed by atoms with Crippen LogP contribution in [0.3, 0.4) is 0 Å². The van der Waals surface area contributed by atoms with Crippen molar-refractivity contribution in [2.75, 3.05) is 0 Å². The van der Waals surface area contributed by atoms with Crippen LogP contribution in [-0.4, -0.2) is 22.2 Å². The normalized spacial score (nSPS) is 10.5. The minimum Gasteiger partial charge on any atom is -0.481 e. The van der Waals surface area contributed by atoms with Gasteiger partial charge in [-0.15, -0.1) is 0 Å². The van der Waals surface area contributed by atoms with E-state index in [1.807, 2.05) is 38.1 Å². The molecule has 2 aromatic rings. The first kappa shape index (κ1) is 17.1. The topological polar surface area (TPSA) is 74.6 Å². The van der Waals surface area contributed by atoms with E-state index in [1.54, 1.807) is 12.1 Å². The first-order valence-electron chi connectivity index (χ1n) is 7.17. The van der Waals surface area contributed by atoms with Gasteiger partial charge in [0.1, 0.15) is 0 Å². The Balaban J connectivity index is 2.47. The van der Waals surface area contributed by atoms with Crippen molar-refractivity contribution in [3.63, 3.8) is 0 Å². The maximum absolute atomic E-state index is 11.1. The zero-order valence-corrected chi connectivity index (χ0v) is 13.8. The number of carboxylic acids is 2. The molecule has 4 nitrogen and oxygen atoms in total. The first-order valence-corrected chi connectivity index (χ1v) is 7.98. The average Bonchev–Trinajstić information content (AvgIpc) is 2.44. The molecule has 0 saturated carbocycles. The van der Waals surface area contributed by atoms with E-state index in [4.69, 9.17) is 10.2 Å². The Morgan fingerprint density at radius 2 is 1.22 bits per heavy atom. The third kappa shape index (κ3) is 4.36. The highest BCUT2D eigenvalue weighted by atomic mass is 32.2. The van der Waals surface area contributed by atoms with Crippen molar-refractivity contribution in [3.8, 4) is 0 Å². The van der Waals surface area contributed by atoms with Gasteiger partial charge in [-0.05, 0) is 36.1 Å². The molecule has 2 aromatic carbocycles. The van der Waals surface area contributed by atoms with Crippen LogP contribution in [0.1, 0.15) is 22.3 Å². The molecular weight excluding hydrogens is 312 g/mol. The van der Waals surface area contributed by atoms with Crippen molar-refractivity contribution in [2.45, 2.75) is 36.5 Å². The van der Waals surface area contributed by atoms with Crippen molar-refractivity contribution in [1.29, 1.82) is 0 Å². The van der Waals surface area contributed by atoms with E-state index in [1.165, 1.54) is 11.8 Å². The predicted octanol–water partition coefficient (Wildman–Crippen LogP) is 3.71. The molecule has 2 rings (SSSR count). The standard InChI is InChI=1S/C18H18O4S/c1-11-5-3-7-13(9-15(19)20)17(11)23-18-12(2)6-4-8-14(18)10-16(21)22/h3-8H,9-10H2,1-2H3,(H,19,20)(H,21,22). The minimum absolute atomic E-state index is 0.0514. The highest BCUT2D eigenvalue weighted by Crippen LogP contribution is 2.37. The summed E-state index contributed by atoms with van der Waals surface area (Å²) in [5.41, 5.74) is 3.45. The Morgan fingerprint density at radius 1 is 0.826 bits per heavy atom. The van der Waals surface area contributed by atoms with Crippen LogP contribution < -0.4 is 0 Å². The van der Waals surface area contributed by atoms with Crippen molar-refractivity contribution in [3.05, 3.63) is 58.7 Å². The number of aliphatic carboxylic acids is 2. The lowest BCUT2D eigenvalue weighted by molar-refractivity contribution is -0.137. The molecule has 5 heteroatoms. The number of carbonyl (C=O) groups is 2. The zero-order valence-electron chi connectivity index (χ0n) is 13.0. The van der Waals surface area contributed by atoms with E-state index in [0.29, 0.717) is 0 Å². The number of carboxylic acid groups (broad SMARTS) is 2. The summed E-state index contributed by atoms with van der Waals surface area (Å²) in [7, 11) is 0. The van der Waals surface area contributed by atoms with Crippen LogP contribution in [0.25, 0.3) is 0 Å². The van der Waals surface area contributed by atoms with Gasteiger partial charge in [-0.1, -0.05) is 48.2 Å². The average molecular weight is 330 g/mol. The largest absolute Gasteiger partial charge is 0.481 e. The summed E-state index contributed by atoms with van der Waals surface area (Å²) in [4.78, 5) is 23.9. The molecule has 2 N–H and O–H groups in total. The van der Waals surface area contributed by atoms with Crippen molar-refractivity contribution in [2.24, 2.45) is 0 Å². The van der Waals surface area contributed by atoms with E-state index in [0.717, 1.165) is 32.0 Å².